The summed E-state index contributed by atoms with van der Waals surface area (Å²) in [6, 6.07) is 0. The predicted octanol–water partition coefficient (Wildman–Crippen LogP) is 1.49. The van der Waals surface area contributed by atoms with Crippen LogP contribution in [0, 0.1) is 5.92 Å². The molecule has 2 atom stereocenters. The van der Waals surface area contributed by atoms with Crippen molar-refractivity contribution in [3.63, 3.8) is 0 Å². The van der Waals surface area contributed by atoms with Crippen LogP contribution >= 0.6 is 0 Å². The van der Waals surface area contributed by atoms with E-state index < -0.39 is 5.54 Å². The molecule has 19 heavy (non-hydrogen) atoms. The van der Waals surface area contributed by atoms with Crippen LogP contribution in [0.25, 0.3) is 0 Å². The van der Waals surface area contributed by atoms with Crippen LogP contribution in [0.1, 0.15) is 51.9 Å². The average Bonchev–Trinajstić information content (AvgIpc) is 2.26. The van der Waals surface area contributed by atoms with E-state index in [1.54, 1.807) is 0 Å². The Hall–Kier alpha value is -0.610. The van der Waals surface area contributed by atoms with Gasteiger partial charge in [0, 0.05) is 12.1 Å². The van der Waals surface area contributed by atoms with Gasteiger partial charge in [-0.3, -0.25) is 4.79 Å². The van der Waals surface area contributed by atoms with Crippen molar-refractivity contribution in [2.24, 2.45) is 11.7 Å². The summed E-state index contributed by atoms with van der Waals surface area (Å²) < 4.78 is 0. The first-order chi connectivity index (χ1) is 8.88. The van der Waals surface area contributed by atoms with Crippen molar-refractivity contribution in [1.82, 2.24) is 10.2 Å². The summed E-state index contributed by atoms with van der Waals surface area (Å²) in [4.78, 5) is 14.7. The van der Waals surface area contributed by atoms with E-state index in [0.717, 1.165) is 25.8 Å². The second kappa shape index (κ2) is 5.41. The second-order valence-corrected chi connectivity index (χ2v) is 7.01. The third-order valence-corrected chi connectivity index (χ3v) is 5.30. The van der Waals surface area contributed by atoms with Gasteiger partial charge in [0.2, 0.25) is 5.91 Å². The highest BCUT2D eigenvalue weighted by atomic mass is 16.2. The minimum Gasteiger partial charge on any atom is -0.353 e. The van der Waals surface area contributed by atoms with Crippen LogP contribution in [0.15, 0.2) is 0 Å². The topological polar surface area (TPSA) is 58.4 Å². The number of hydrogen-bond donors (Lipinski definition) is 2. The largest absolute Gasteiger partial charge is 0.353 e. The van der Waals surface area contributed by atoms with E-state index in [-0.39, 0.29) is 11.4 Å². The predicted molar refractivity (Wildman–Crippen MR) is 77.8 cm³/mol. The first-order valence-electron chi connectivity index (χ1n) is 7.63. The Labute approximate surface area is 117 Å². The van der Waals surface area contributed by atoms with Crippen molar-refractivity contribution in [2.75, 3.05) is 20.6 Å². The average molecular weight is 267 g/mol. The molecular formula is C15H29N3O. The number of likely N-dealkylation sites (N-methyl/N-ethyl adjacent to an activating group) is 1. The Morgan fingerprint density at radius 1 is 1.32 bits per heavy atom. The number of hydrogen-bond acceptors (Lipinski definition) is 3. The van der Waals surface area contributed by atoms with E-state index in [1.807, 2.05) is 0 Å². The van der Waals surface area contributed by atoms with Gasteiger partial charge in [-0.15, -0.1) is 0 Å². The van der Waals surface area contributed by atoms with Gasteiger partial charge in [0.25, 0.3) is 0 Å². The van der Waals surface area contributed by atoms with Gasteiger partial charge in [-0.1, -0.05) is 19.8 Å². The fraction of sp³-hybridized carbons (Fsp3) is 0.933. The number of carbonyl (C=O) groups excluding carboxylic acids is 1. The number of amides is 1. The van der Waals surface area contributed by atoms with Crippen LogP contribution < -0.4 is 11.1 Å². The quantitative estimate of drug-likeness (QED) is 0.811. The van der Waals surface area contributed by atoms with E-state index in [0.29, 0.717) is 5.92 Å². The molecule has 2 aliphatic carbocycles. The maximum atomic E-state index is 12.4. The van der Waals surface area contributed by atoms with Gasteiger partial charge in [0.1, 0.15) is 0 Å². The van der Waals surface area contributed by atoms with Gasteiger partial charge < -0.3 is 16.0 Å². The molecule has 2 aliphatic rings. The van der Waals surface area contributed by atoms with Crippen molar-refractivity contribution in [1.29, 1.82) is 0 Å². The zero-order valence-corrected chi connectivity index (χ0v) is 12.7. The zero-order valence-electron chi connectivity index (χ0n) is 12.7. The molecule has 3 N–H and O–H groups in total. The van der Waals surface area contributed by atoms with Crippen molar-refractivity contribution >= 4 is 5.91 Å². The van der Waals surface area contributed by atoms with E-state index >= 15 is 0 Å². The van der Waals surface area contributed by atoms with Gasteiger partial charge >= 0.3 is 0 Å². The molecule has 4 nitrogen and oxygen atoms in total. The van der Waals surface area contributed by atoms with Crippen LogP contribution in [-0.4, -0.2) is 42.5 Å². The van der Waals surface area contributed by atoms with Crippen molar-refractivity contribution in [3.8, 4) is 0 Å². The van der Waals surface area contributed by atoms with Crippen molar-refractivity contribution in [2.45, 2.75) is 62.9 Å². The van der Waals surface area contributed by atoms with Gasteiger partial charge in [-0.2, -0.15) is 0 Å². The number of carbonyl (C=O) groups is 1. The SMILES string of the molecule is CC1CCCC(N)(C(=O)NCC2(N(C)C)CCC2)C1. The third kappa shape index (κ3) is 2.95. The molecule has 0 heterocycles. The Morgan fingerprint density at radius 3 is 2.47 bits per heavy atom. The molecule has 0 saturated heterocycles. The minimum atomic E-state index is -0.630. The second-order valence-electron chi connectivity index (χ2n) is 7.01. The van der Waals surface area contributed by atoms with E-state index in [2.05, 4.69) is 31.2 Å². The molecule has 0 aromatic heterocycles. The van der Waals surface area contributed by atoms with Gasteiger partial charge in [-0.05, 0) is 52.1 Å². The lowest BCUT2D eigenvalue weighted by Gasteiger charge is -2.48. The lowest BCUT2D eigenvalue weighted by Crippen LogP contribution is -2.62. The molecule has 0 radical (unpaired) electrons. The van der Waals surface area contributed by atoms with E-state index in [1.165, 1.54) is 25.7 Å². The third-order valence-electron chi connectivity index (χ3n) is 5.30. The smallest absolute Gasteiger partial charge is 0.240 e. The number of nitrogens with zero attached hydrogens (tertiary/aromatic N) is 1. The van der Waals surface area contributed by atoms with Crippen LogP contribution in [0.2, 0.25) is 0 Å². The van der Waals surface area contributed by atoms with Crippen LogP contribution in [0.4, 0.5) is 0 Å². The van der Waals surface area contributed by atoms with E-state index in [4.69, 9.17) is 5.73 Å². The summed E-state index contributed by atoms with van der Waals surface area (Å²) in [5.74, 6) is 0.628. The molecular weight excluding hydrogens is 238 g/mol. The highest BCUT2D eigenvalue weighted by Crippen LogP contribution is 2.36. The first-order valence-corrected chi connectivity index (χ1v) is 7.63. The molecule has 2 rings (SSSR count). The summed E-state index contributed by atoms with van der Waals surface area (Å²) in [5.41, 5.74) is 5.88. The summed E-state index contributed by atoms with van der Waals surface area (Å²) >= 11 is 0. The molecule has 1 amide bonds. The Morgan fingerprint density at radius 2 is 2.00 bits per heavy atom. The maximum Gasteiger partial charge on any atom is 0.240 e. The van der Waals surface area contributed by atoms with Crippen molar-refractivity contribution < 1.29 is 4.79 Å². The lowest BCUT2D eigenvalue weighted by atomic mass is 9.74. The van der Waals surface area contributed by atoms with Crippen LogP contribution in [0.3, 0.4) is 0 Å². The summed E-state index contributed by atoms with van der Waals surface area (Å²) in [7, 11) is 4.21. The maximum absolute atomic E-state index is 12.4. The highest BCUT2D eigenvalue weighted by Gasteiger charge is 2.42. The Kier molecular flexibility index (Phi) is 4.21. The van der Waals surface area contributed by atoms with E-state index in [9.17, 15) is 4.79 Å². The van der Waals surface area contributed by atoms with Crippen LogP contribution in [-0.2, 0) is 4.79 Å². The molecule has 110 valence electrons. The summed E-state index contributed by atoms with van der Waals surface area (Å²) in [6.45, 7) is 2.94. The molecule has 0 bridgehead atoms. The fourth-order valence-corrected chi connectivity index (χ4v) is 3.59. The molecule has 0 spiro atoms. The van der Waals surface area contributed by atoms with Crippen LogP contribution in [0.5, 0.6) is 0 Å². The Bertz CT molecular complexity index is 338. The summed E-state index contributed by atoms with van der Waals surface area (Å²) in [6.07, 6.45) is 7.55. The molecule has 2 saturated carbocycles. The molecule has 0 aromatic carbocycles. The fourth-order valence-electron chi connectivity index (χ4n) is 3.59. The normalized spacial score (nSPS) is 33.8. The van der Waals surface area contributed by atoms with Gasteiger partial charge in [-0.25, -0.2) is 0 Å². The zero-order chi connectivity index (χ0) is 14.1. The molecule has 2 fully saturated rings. The highest BCUT2D eigenvalue weighted by molar-refractivity contribution is 5.86. The lowest BCUT2D eigenvalue weighted by molar-refractivity contribution is -0.129. The molecule has 4 heteroatoms. The van der Waals surface area contributed by atoms with Gasteiger partial charge in [0.15, 0.2) is 0 Å². The minimum absolute atomic E-state index is 0.0622. The molecule has 2 unspecified atom stereocenters. The first kappa shape index (κ1) is 14.8. The summed E-state index contributed by atoms with van der Waals surface area (Å²) in [5, 5.41) is 3.13. The number of rotatable bonds is 4. The Balaban J connectivity index is 1.90. The van der Waals surface area contributed by atoms with Crippen molar-refractivity contribution in [3.05, 3.63) is 0 Å². The molecule has 0 aliphatic heterocycles. The van der Waals surface area contributed by atoms with Gasteiger partial charge in [0.05, 0.1) is 5.54 Å². The number of nitrogens with two attached hydrogens (primary N) is 1. The number of nitrogens with one attached hydrogen (secondary N) is 1. The standard InChI is InChI=1S/C15H29N3O/c1-12-6-4-9-15(16,10-12)13(19)17-11-14(18(2)3)7-5-8-14/h12H,4-11,16H2,1-3H3,(H,17,19). The monoisotopic (exact) mass is 267 g/mol. The molecule has 0 aromatic rings.